The highest BCUT2D eigenvalue weighted by molar-refractivity contribution is 6.88. The molecule has 4 heteroatoms. The quantitative estimate of drug-likeness (QED) is 0.0505. The van der Waals surface area contributed by atoms with Gasteiger partial charge in [-0.3, -0.25) is 4.48 Å². The number of para-hydroxylation sites is 3. The van der Waals surface area contributed by atoms with E-state index in [1.807, 2.05) is 0 Å². The van der Waals surface area contributed by atoms with Gasteiger partial charge in [-0.05, 0) is 62.1 Å². The first-order valence-electron chi connectivity index (χ1n) is 20.6. The van der Waals surface area contributed by atoms with Crippen molar-refractivity contribution in [3.8, 4) is 33.5 Å². The zero-order valence-electron chi connectivity index (χ0n) is 34.8. The maximum Gasteiger partial charge on any atom is 0.213 e. The molecular formula is C53H59N3Si+2. The van der Waals surface area contributed by atoms with Crippen LogP contribution in [0.25, 0.3) is 33.5 Å². The molecule has 5 aromatic carbocycles. The standard InChI is InChI=1S/C53H59N3Si/c1-9-22-39(3)33-35-48-46-27-17-18-28-47(46)50-36-34-43(57(6,7)8)38-55(50)51(48)37-40(4)56(5,10-2)52-32-20-19-31-49(52)54-53-44(41-23-13-11-14-24-41)29-21-30-45(53)42-25-15-12-16-26-42/h9,11-32,34,36,38,48,51,54H,3-4,10,33,35,37H2,1-2,5-8H3/q+2/b22-9-. The molecule has 3 atom stereocenters. The molecule has 1 N–H and O–H groups in total. The normalized spacial score (nSPS) is 16.0. The molecular weight excluding hydrogens is 707 g/mol. The van der Waals surface area contributed by atoms with Gasteiger partial charge in [0, 0.05) is 39.9 Å². The molecule has 6 aromatic rings. The Morgan fingerprint density at radius 3 is 1.96 bits per heavy atom. The lowest BCUT2D eigenvalue weighted by Gasteiger charge is -2.38. The van der Waals surface area contributed by atoms with Gasteiger partial charge in [0.1, 0.15) is 11.4 Å². The van der Waals surface area contributed by atoms with Crippen LogP contribution < -0.4 is 19.6 Å². The Morgan fingerprint density at radius 1 is 0.737 bits per heavy atom. The zero-order chi connectivity index (χ0) is 40.2. The summed E-state index contributed by atoms with van der Waals surface area (Å²) in [5.41, 5.74) is 14.6. The van der Waals surface area contributed by atoms with E-state index in [0.717, 1.165) is 37.2 Å². The Morgan fingerprint density at radius 2 is 1.33 bits per heavy atom. The molecule has 0 aliphatic carbocycles. The number of hydrogen-bond acceptors (Lipinski definition) is 1. The summed E-state index contributed by atoms with van der Waals surface area (Å²) in [6, 6.07) is 51.0. The van der Waals surface area contributed by atoms with Crippen molar-refractivity contribution < 1.29 is 4.57 Å². The molecule has 1 aliphatic rings. The lowest BCUT2D eigenvalue weighted by molar-refractivity contribution is -0.717. The van der Waals surface area contributed by atoms with E-state index in [1.54, 1.807) is 0 Å². The summed E-state index contributed by atoms with van der Waals surface area (Å²) < 4.78 is 3.24. The molecule has 57 heavy (non-hydrogen) atoms. The van der Waals surface area contributed by atoms with Crippen LogP contribution in [-0.4, -0.2) is 21.7 Å². The summed E-state index contributed by atoms with van der Waals surface area (Å²) in [7, 11) is 0.754. The Balaban J connectivity index is 1.32. The van der Waals surface area contributed by atoms with E-state index < -0.39 is 8.07 Å². The summed E-state index contributed by atoms with van der Waals surface area (Å²) in [4.78, 5) is 0. The van der Waals surface area contributed by atoms with Crippen molar-refractivity contribution in [1.82, 2.24) is 4.48 Å². The number of nitrogens with one attached hydrogen (secondary N) is 1. The number of fused-ring (bicyclic) bond motifs is 3. The van der Waals surface area contributed by atoms with Crippen LogP contribution in [0.5, 0.6) is 0 Å². The molecule has 0 saturated carbocycles. The monoisotopic (exact) mass is 765 g/mol. The summed E-state index contributed by atoms with van der Waals surface area (Å²) >= 11 is 0. The third kappa shape index (κ3) is 8.16. The first kappa shape index (κ1) is 39.7. The molecule has 288 valence electrons. The largest absolute Gasteiger partial charge is 0.350 e. The summed E-state index contributed by atoms with van der Waals surface area (Å²) in [5.74, 6) is 0.305. The second-order valence-corrected chi connectivity index (χ2v) is 21.9. The molecule has 1 aromatic heterocycles. The second-order valence-electron chi connectivity index (χ2n) is 16.8. The Labute approximate surface area is 343 Å². The lowest BCUT2D eigenvalue weighted by atomic mass is 9.78. The van der Waals surface area contributed by atoms with E-state index in [-0.39, 0.29) is 6.04 Å². The van der Waals surface area contributed by atoms with E-state index in [2.05, 4.69) is 215 Å². The fraction of sp³-hybridized carbons (Fsp3) is 0.226. The van der Waals surface area contributed by atoms with Gasteiger partial charge in [0.05, 0.1) is 33.8 Å². The average molecular weight is 766 g/mol. The third-order valence-corrected chi connectivity index (χ3v) is 14.2. The third-order valence-electron chi connectivity index (χ3n) is 12.2. The lowest BCUT2D eigenvalue weighted by Crippen LogP contribution is -2.54. The van der Waals surface area contributed by atoms with Gasteiger partial charge < -0.3 is 5.32 Å². The topological polar surface area (TPSA) is 15.9 Å². The van der Waals surface area contributed by atoms with Crippen LogP contribution in [0.4, 0.5) is 17.1 Å². The number of aromatic nitrogens is 1. The van der Waals surface area contributed by atoms with Gasteiger partial charge in [-0.1, -0.05) is 159 Å². The molecule has 0 amide bonds. The van der Waals surface area contributed by atoms with Crippen molar-refractivity contribution in [3.05, 3.63) is 188 Å². The number of benzene rings is 5. The van der Waals surface area contributed by atoms with Crippen molar-refractivity contribution in [1.29, 1.82) is 0 Å². The Kier molecular flexibility index (Phi) is 11.8. The van der Waals surface area contributed by atoms with Crippen LogP contribution in [0.2, 0.25) is 19.6 Å². The zero-order valence-corrected chi connectivity index (χ0v) is 35.8. The number of quaternary nitrogens is 1. The van der Waals surface area contributed by atoms with E-state index in [1.165, 1.54) is 61.2 Å². The second kappa shape index (κ2) is 16.9. The van der Waals surface area contributed by atoms with Crippen molar-refractivity contribution in [2.45, 2.75) is 64.7 Å². The van der Waals surface area contributed by atoms with E-state index in [9.17, 15) is 0 Å². The molecule has 0 saturated heterocycles. The van der Waals surface area contributed by atoms with Crippen LogP contribution in [0.1, 0.15) is 50.6 Å². The Bertz CT molecular complexity index is 2350. The van der Waals surface area contributed by atoms with Crippen molar-refractivity contribution in [2.24, 2.45) is 0 Å². The van der Waals surface area contributed by atoms with Crippen molar-refractivity contribution >= 4 is 30.3 Å². The minimum Gasteiger partial charge on any atom is -0.350 e. The number of pyridine rings is 1. The molecule has 3 unspecified atom stereocenters. The number of allylic oxidation sites excluding steroid dienone is 4. The SMILES string of the molecule is C=C(/C=C\C)CCC1c2ccccc2-c2ccc([Si](C)(C)C)c[n+]2C1CC(=C)[N+](C)(CC)c1ccccc1Nc1c(-c2ccccc2)cccc1-c1ccccc1. The maximum atomic E-state index is 5.02. The van der Waals surface area contributed by atoms with E-state index in [4.69, 9.17) is 6.58 Å². The minimum absolute atomic E-state index is 0.199. The molecule has 0 radical (unpaired) electrons. The predicted molar refractivity (Wildman–Crippen MR) is 249 cm³/mol. The van der Waals surface area contributed by atoms with E-state index >= 15 is 0 Å². The highest BCUT2D eigenvalue weighted by atomic mass is 28.3. The maximum absolute atomic E-state index is 5.02. The van der Waals surface area contributed by atoms with Gasteiger partial charge in [0.25, 0.3) is 0 Å². The number of anilines is 2. The van der Waals surface area contributed by atoms with E-state index in [0.29, 0.717) is 10.4 Å². The highest BCUT2D eigenvalue weighted by Gasteiger charge is 2.44. The molecule has 0 spiro atoms. The minimum atomic E-state index is -1.60. The summed E-state index contributed by atoms with van der Waals surface area (Å²) in [6.07, 6.45) is 9.59. The van der Waals surface area contributed by atoms with Crippen molar-refractivity contribution in [2.75, 3.05) is 18.9 Å². The fourth-order valence-corrected chi connectivity index (χ4v) is 9.83. The summed E-state index contributed by atoms with van der Waals surface area (Å²) in [6.45, 7) is 22.0. The molecule has 0 fully saturated rings. The summed E-state index contributed by atoms with van der Waals surface area (Å²) in [5, 5.41) is 5.52. The number of rotatable bonds is 14. The van der Waals surface area contributed by atoms with Gasteiger partial charge >= 0.3 is 0 Å². The molecule has 1 aliphatic heterocycles. The first-order chi connectivity index (χ1) is 27.5. The highest BCUT2D eigenvalue weighted by Crippen LogP contribution is 2.47. The van der Waals surface area contributed by atoms with Gasteiger partial charge in [0.15, 0.2) is 17.9 Å². The van der Waals surface area contributed by atoms with Crippen LogP contribution in [-0.2, 0) is 0 Å². The Hall–Kier alpha value is -5.55. The number of hydrogen-bond donors (Lipinski definition) is 1. The number of nitrogens with zero attached hydrogens (tertiary/aromatic N) is 2. The van der Waals surface area contributed by atoms with Gasteiger partial charge in [-0.15, -0.1) is 0 Å². The van der Waals surface area contributed by atoms with Crippen molar-refractivity contribution in [3.63, 3.8) is 0 Å². The predicted octanol–water partition coefficient (Wildman–Crippen LogP) is 13.4. The average Bonchev–Trinajstić information content (AvgIpc) is 3.23. The fourth-order valence-electron chi connectivity index (χ4n) is 8.72. The van der Waals surface area contributed by atoms with Gasteiger partial charge in [-0.25, -0.2) is 0 Å². The van der Waals surface area contributed by atoms with Gasteiger partial charge in [0.2, 0.25) is 5.69 Å². The first-order valence-corrected chi connectivity index (χ1v) is 24.1. The van der Waals surface area contributed by atoms with Crippen LogP contribution in [0.15, 0.2) is 182 Å². The molecule has 2 heterocycles. The molecule has 0 bridgehead atoms. The van der Waals surface area contributed by atoms with Crippen LogP contribution in [0, 0.1) is 0 Å². The molecule has 7 rings (SSSR count). The van der Waals surface area contributed by atoms with Crippen LogP contribution in [0.3, 0.4) is 0 Å². The van der Waals surface area contributed by atoms with Crippen LogP contribution >= 0.6 is 0 Å². The smallest absolute Gasteiger partial charge is 0.213 e. The van der Waals surface area contributed by atoms with Gasteiger partial charge in [-0.2, -0.15) is 4.57 Å². The molecule has 3 nitrogen and oxygen atoms in total.